The molecular formula is C8H5ClN4O. The molecule has 70 valence electrons. The monoisotopic (exact) mass is 208 g/mol. The lowest BCUT2D eigenvalue weighted by molar-refractivity contribution is 0.112. The first kappa shape index (κ1) is 8.83. The van der Waals surface area contributed by atoms with Crippen molar-refractivity contribution in [1.82, 2.24) is 20.6 Å². The molecule has 5 nitrogen and oxygen atoms in total. The maximum Gasteiger partial charge on any atom is 0.180 e. The second-order valence-electron chi connectivity index (χ2n) is 2.60. The van der Waals surface area contributed by atoms with Gasteiger partial charge in [-0.15, -0.1) is 5.10 Å². The molecular weight excluding hydrogens is 204 g/mol. The van der Waals surface area contributed by atoms with Crippen molar-refractivity contribution >= 4 is 17.9 Å². The molecule has 0 aliphatic heterocycles. The first-order valence-corrected chi connectivity index (χ1v) is 4.18. The number of H-pyrrole nitrogens is 1. The van der Waals surface area contributed by atoms with Gasteiger partial charge in [0.05, 0.1) is 0 Å². The van der Waals surface area contributed by atoms with Crippen LogP contribution in [0, 0.1) is 0 Å². The van der Waals surface area contributed by atoms with E-state index in [1.807, 2.05) is 0 Å². The van der Waals surface area contributed by atoms with Gasteiger partial charge in [0.15, 0.2) is 12.1 Å². The topological polar surface area (TPSA) is 71.5 Å². The van der Waals surface area contributed by atoms with Crippen LogP contribution in [0.25, 0.3) is 11.4 Å². The van der Waals surface area contributed by atoms with Gasteiger partial charge in [-0.1, -0.05) is 11.6 Å². The van der Waals surface area contributed by atoms with Crippen molar-refractivity contribution in [2.75, 3.05) is 0 Å². The molecule has 6 heteroatoms. The van der Waals surface area contributed by atoms with Gasteiger partial charge in [0, 0.05) is 16.1 Å². The van der Waals surface area contributed by atoms with Crippen LogP contribution in [0.4, 0.5) is 0 Å². The summed E-state index contributed by atoms with van der Waals surface area (Å²) in [6.45, 7) is 0. The van der Waals surface area contributed by atoms with Gasteiger partial charge in [-0.3, -0.25) is 4.79 Å². The molecule has 0 aliphatic carbocycles. The number of nitrogens with zero attached hydrogens (tertiary/aromatic N) is 3. The van der Waals surface area contributed by atoms with Crippen LogP contribution in [-0.4, -0.2) is 26.9 Å². The van der Waals surface area contributed by atoms with E-state index >= 15 is 0 Å². The molecule has 0 radical (unpaired) electrons. The molecule has 0 aliphatic rings. The molecule has 0 saturated heterocycles. The fourth-order valence-corrected chi connectivity index (χ4v) is 1.28. The fourth-order valence-electron chi connectivity index (χ4n) is 1.11. The summed E-state index contributed by atoms with van der Waals surface area (Å²) in [6, 6.07) is 4.89. The van der Waals surface area contributed by atoms with E-state index in [4.69, 9.17) is 11.6 Å². The Labute approximate surface area is 84.1 Å². The van der Waals surface area contributed by atoms with Crippen molar-refractivity contribution in [3.63, 3.8) is 0 Å². The predicted molar refractivity (Wildman–Crippen MR) is 50.0 cm³/mol. The lowest BCUT2D eigenvalue weighted by Crippen LogP contribution is -1.89. The lowest BCUT2D eigenvalue weighted by atomic mass is 10.1. The third-order valence-corrected chi connectivity index (χ3v) is 1.98. The van der Waals surface area contributed by atoms with E-state index in [0.29, 0.717) is 22.0 Å². The summed E-state index contributed by atoms with van der Waals surface area (Å²) in [5, 5.41) is 13.6. The van der Waals surface area contributed by atoms with E-state index in [1.54, 1.807) is 18.2 Å². The van der Waals surface area contributed by atoms with Crippen molar-refractivity contribution in [3.05, 3.63) is 28.8 Å². The highest BCUT2D eigenvalue weighted by molar-refractivity contribution is 6.31. The Kier molecular flexibility index (Phi) is 2.24. The zero-order valence-electron chi connectivity index (χ0n) is 6.94. The van der Waals surface area contributed by atoms with Crippen LogP contribution in [0.5, 0.6) is 0 Å². The zero-order chi connectivity index (χ0) is 9.97. The lowest BCUT2D eigenvalue weighted by Gasteiger charge is -1.99. The highest BCUT2D eigenvalue weighted by Crippen LogP contribution is 2.22. The van der Waals surface area contributed by atoms with Crippen LogP contribution in [0.15, 0.2) is 18.2 Å². The van der Waals surface area contributed by atoms with Crippen LogP contribution >= 0.6 is 11.6 Å². The molecule has 0 amide bonds. The van der Waals surface area contributed by atoms with Gasteiger partial charge in [-0.25, -0.2) is 5.10 Å². The molecule has 0 atom stereocenters. The summed E-state index contributed by atoms with van der Waals surface area (Å²) >= 11 is 5.79. The Bertz CT molecular complexity index is 454. The van der Waals surface area contributed by atoms with Crippen molar-refractivity contribution in [2.24, 2.45) is 0 Å². The summed E-state index contributed by atoms with van der Waals surface area (Å²) in [5.41, 5.74) is 1.09. The number of hydrogen-bond donors (Lipinski definition) is 1. The maximum atomic E-state index is 10.7. The van der Waals surface area contributed by atoms with E-state index < -0.39 is 0 Å². The number of aldehydes is 1. The molecule has 0 fully saturated rings. The smallest absolute Gasteiger partial charge is 0.180 e. The molecule has 0 bridgehead atoms. The van der Waals surface area contributed by atoms with Gasteiger partial charge < -0.3 is 0 Å². The van der Waals surface area contributed by atoms with Crippen LogP contribution in [0.3, 0.4) is 0 Å². The largest absolute Gasteiger partial charge is 0.298 e. The second kappa shape index (κ2) is 3.55. The van der Waals surface area contributed by atoms with Gasteiger partial charge in [0.2, 0.25) is 0 Å². The molecule has 2 aromatic rings. The summed E-state index contributed by atoms with van der Waals surface area (Å²) in [6.07, 6.45) is 0.730. The average Bonchev–Trinajstić information content (AvgIpc) is 2.70. The minimum Gasteiger partial charge on any atom is -0.298 e. The Morgan fingerprint density at radius 2 is 2.29 bits per heavy atom. The fraction of sp³-hybridized carbons (Fsp3) is 0. The van der Waals surface area contributed by atoms with Crippen LogP contribution in [0.1, 0.15) is 10.4 Å². The van der Waals surface area contributed by atoms with Crippen LogP contribution < -0.4 is 0 Å². The number of aromatic nitrogens is 4. The Morgan fingerprint density at radius 3 is 2.93 bits per heavy atom. The minimum atomic E-state index is 0.426. The standard InChI is InChI=1S/C8H5ClN4O/c9-6-2-1-5(4-14)7(3-6)8-10-12-13-11-8/h1-4H,(H,10,11,12,13). The number of tetrazole rings is 1. The molecule has 2 rings (SSSR count). The number of rotatable bonds is 2. The van der Waals surface area contributed by atoms with Crippen molar-refractivity contribution in [1.29, 1.82) is 0 Å². The van der Waals surface area contributed by atoms with Crippen molar-refractivity contribution in [3.8, 4) is 11.4 Å². The quantitative estimate of drug-likeness (QED) is 0.756. The third kappa shape index (κ3) is 1.49. The van der Waals surface area contributed by atoms with Gasteiger partial charge in [-0.2, -0.15) is 0 Å². The van der Waals surface area contributed by atoms with Gasteiger partial charge in [0.25, 0.3) is 0 Å². The molecule has 1 N–H and O–H groups in total. The number of aromatic amines is 1. The average molecular weight is 209 g/mol. The molecule has 0 unspecified atom stereocenters. The van der Waals surface area contributed by atoms with Gasteiger partial charge in [-0.05, 0) is 28.6 Å². The number of carbonyl (C=O) groups excluding carboxylic acids is 1. The Hall–Kier alpha value is -1.75. The molecule has 1 heterocycles. The molecule has 1 aromatic carbocycles. The van der Waals surface area contributed by atoms with Gasteiger partial charge in [0.1, 0.15) is 0 Å². The first-order chi connectivity index (χ1) is 6.81. The Balaban J connectivity index is 2.61. The number of carbonyl (C=O) groups is 1. The highest BCUT2D eigenvalue weighted by Gasteiger charge is 2.08. The van der Waals surface area contributed by atoms with E-state index in [9.17, 15) is 4.79 Å². The summed E-state index contributed by atoms with van der Waals surface area (Å²) in [7, 11) is 0. The SMILES string of the molecule is O=Cc1ccc(Cl)cc1-c1nnn[nH]1. The maximum absolute atomic E-state index is 10.7. The van der Waals surface area contributed by atoms with E-state index in [2.05, 4.69) is 20.6 Å². The molecule has 0 saturated carbocycles. The Morgan fingerprint density at radius 1 is 1.43 bits per heavy atom. The van der Waals surface area contributed by atoms with Crippen LogP contribution in [-0.2, 0) is 0 Å². The van der Waals surface area contributed by atoms with Gasteiger partial charge >= 0.3 is 0 Å². The molecule has 1 aromatic heterocycles. The van der Waals surface area contributed by atoms with E-state index in [0.717, 1.165) is 6.29 Å². The number of nitrogens with one attached hydrogen (secondary N) is 1. The number of halogens is 1. The molecule has 14 heavy (non-hydrogen) atoms. The van der Waals surface area contributed by atoms with Crippen LogP contribution in [0.2, 0.25) is 5.02 Å². The van der Waals surface area contributed by atoms with E-state index in [1.165, 1.54) is 0 Å². The summed E-state index contributed by atoms with van der Waals surface area (Å²) < 4.78 is 0. The normalized spacial score (nSPS) is 10.1. The second-order valence-corrected chi connectivity index (χ2v) is 3.04. The zero-order valence-corrected chi connectivity index (χ0v) is 7.69. The third-order valence-electron chi connectivity index (χ3n) is 1.74. The number of benzene rings is 1. The first-order valence-electron chi connectivity index (χ1n) is 3.80. The van der Waals surface area contributed by atoms with Crippen molar-refractivity contribution < 1.29 is 4.79 Å². The number of hydrogen-bond acceptors (Lipinski definition) is 4. The summed E-state index contributed by atoms with van der Waals surface area (Å²) in [4.78, 5) is 10.7. The van der Waals surface area contributed by atoms with Crippen molar-refractivity contribution in [2.45, 2.75) is 0 Å². The highest BCUT2D eigenvalue weighted by atomic mass is 35.5. The predicted octanol–water partition coefficient (Wildman–Crippen LogP) is 1.33. The minimum absolute atomic E-state index is 0.426. The van der Waals surface area contributed by atoms with E-state index in [-0.39, 0.29) is 0 Å². The molecule has 0 spiro atoms. The summed E-state index contributed by atoms with van der Waals surface area (Å²) in [5.74, 6) is 0.426.